The molecular formula is C11H14ClN. The summed E-state index contributed by atoms with van der Waals surface area (Å²) in [5.74, 6) is 0. The van der Waals surface area contributed by atoms with Gasteiger partial charge in [0, 0.05) is 5.02 Å². The van der Waals surface area contributed by atoms with Gasteiger partial charge in [-0.15, -0.1) is 0 Å². The second-order valence-electron chi connectivity index (χ2n) is 2.27. The van der Waals surface area contributed by atoms with Gasteiger partial charge in [-0.25, -0.2) is 0 Å². The van der Waals surface area contributed by atoms with Gasteiger partial charge >= 0.3 is 0 Å². The van der Waals surface area contributed by atoms with E-state index >= 15 is 0 Å². The van der Waals surface area contributed by atoms with Gasteiger partial charge in [-0.2, -0.15) is 5.26 Å². The SMILES string of the molecule is CC.CCc1ccc(Cl)cc1C#N. The number of nitrogens with zero attached hydrogens (tertiary/aromatic N) is 1. The van der Waals surface area contributed by atoms with Crippen molar-refractivity contribution in [2.75, 3.05) is 0 Å². The molecule has 0 heterocycles. The number of aryl methyl sites for hydroxylation is 1. The second kappa shape index (κ2) is 6.51. The molecule has 0 aromatic heterocycles. The van der Waals surface area contributed by atoms with Gasteiger partial charge in [0.25, 0.3) is 0 Å². The van der Waals surface area contributed by atoms with Gasteiger partial charge in [0.1, 0.15) is 0 Å². The van der Waals surface area contributed by atoms with Crippen LogP contribution in [0.4, 0.5) is 0 Å². The van der Waals surface area contributed by atoms with Crippen molar-refractivity contribution in [3.05, 3.63) is 34.3 Å². The van der Waals surface area contributed by atoms with Crippen LogP contribution in [0.1, 0.15) is 31.9 Å². The van der Waals surface area contributed by atoms with Gasteiger partial charge in [-0.3, -0.25) is 0 Å². The molecule has 0 saturated heterocycles. The lowest BCUT2D eigenvalue weighted by Crippen LogP contribution is -1.85. The average Bonchev–Trinajstić information content (AvgIpc) is 2.20. The highest BCUT2D eigenvalue weighted by molar-refractivity contribution is 6.30. The zero-order valence-corrected chi connectivity index (χ0v) is 9.02. The standard InChI is InChI=1S/C9H8ClN.C2H6/c1-2-7-3-4-9(10)5-8(7)6-11;1-2/h3-5H,2H2,1H3;1-2H3. The first kappa shape index (κ1) is 12.0. The van der Waals surface area contributed by atoms with Crippen molar-refractivity contribution in [1.82, 2.24) is 0 Å². The van der Waals surface area contributed by atoms with Crippen LogP contribution in [0.2, 0.25) is 5.02 Å². The third kappa shape index (κ3) is 3.48. The molecule has 13 heavy (non-hydrogen) atoms. The van der Waals surface area contributed by atoms with E-state index in [4.69, 9.17) is 16.9 Å². The number of rotatable bonds is 1. The number of hydrogen-bond donors (Lipinski definition) is 0. The molecule has 0 radical (unpaired) electrons. The van der Waals surface area contributed by atoms with Gasteiger partial charge in [0.2, 0.25) is 0 Å². The quantitative estimate of drug-likeness (QED) is 0.669. The minimum Gasteiger partial charge on any atom is -0.192 e. The first-order valence-electron chi connectivity index (χ1n) is 4.46. The first-order valence-corrected chi connectivity index (χ1v) is 4.84. The van der Waals surface area contributed by atoms with Crippen molar-refractivity contribution >= 4 is 11.6 Å². The molecule has 1 aromatic rings. The summed E-state index contributed by atoms with van der Waals surface area (Å²) >= 11 is 5.70. The number of nitriles is 1. The highest BCUT2D eigenvalue weighted by Gasteiger charge is 1.98. The summed E-state index contributed by atoms with van der Waals surface area (Å²) in [6.07, 6.45) is 0.875. The van der Waals surface area contributed by atoms with Crippen LogP contribution in [-0.4, -0.2) is 0 Å². The Morgan fingerprint density at radius 1 is 1.38 bits per heavy atom. The van der Waals surface area contributed by atoms with E-state index < -0.39 is 0 Å². The molecule has 0 unspecified atom stereocenters. The van der Waals surface area contributed by atoms with Crippen LogP contribution in [0.5, 0.6) is 0 Å². The topological polar surface area (TPSA) is 23.8 Å². The molecule has 0 atom stereocenters. The molecule has 1 rings (SSSR count). The summed E-state index contributed by atoms with van der Waals surface area (Å²) in [6, 6.07) is 7.49. The highest BCUT2D eigenvalue weighted by atomic mass is 35.5. The van der Waals surface area contributed by atoms with E-state index in [2.05, 4.69) is 6.07 Å². The van der Waals surface area contributed by atoms with E-state index in [1.54, 1.807) is 12.1 Å². The minimum atomic E-state index is 0.624. The van der Waals surface area contributed by atoms with Gasteiger partial charge in [0.15, 0.2) is 0 Å². The molecule has 0 aliphatic heterocycles. The third-order valence-electron chi connectivity index (χ3n) is 1.57. The molecule has 0 saturated carbocycles. The van der Waals surface area contributed by atoms with E-state index in [1.165, 1.54) is 0 Å². The Balaban J connectivity index is 0.000000671. The first-order chi connectivity index (χ1) is 6.27. The lowest BCUT2D eigenvalue weighted by atomic mass is 10.1. The van der Waals surface area contributed by atoms with Crippen molar-refractivity contribution < 1.29 is 0 Å². The Morgan fingerprint density at radius 2 is 2.00 bits per heavy atom. The van der Waals surface area contributed by atoms with E-state index in [0.29, 0.717) is 10.6 Å². The van der Waals surface area contributed by atoms with Crippen molar-refractivity contribution in [3.8, 4) is 6.07 Å². The molecular weight excluding hydrogens is 182 g/mol. The van der Waals surface area contributed by atoms with Gasteiger partial charge < -0.3 is 0 Å². The Labute approximate surface area is 85.0 Å². The predicted octanol–water partition coefficient (Wildman–Crippen LogP) is 3.80. The molecule has 0 aliphatic rings. The Hall–Kier alpha value is -1.00. The average molecular weight is 196 g/mol. The summed E-state index contributed by atoms with van der Waals surface area (Å²) in [5.41, 5.74) is 1.73. The molecule has 1 nitrogen and oxygen atoms in total. The molecule has 0 aliphatic carbocycles. The molecule has 0 spiro atoms. The van der Waals surface area contributed by atoms with Crippen LogP contribution in [0.15, 0.2) is 18.2 Å². The van der Waals surface area contributed by atoms with Crippen LogP contribution < -0.4 is 0 Å². The van der Waals surface area contributed by atoms with Crippen LogP contribution in [0.3, 0.4) is 0 Å². The van der Waals surface area contributed by atoms with Crippen LogP contribution >= 0.6 is 11.6 Å². The number of halogens is 1. The van der Waals surface area contributed by atoms with Crippen molar-refractivity contribution in [3.63, 3.8) is 0 Å². The second-order valence-corrected chi connectivity index (χ2v) is 2.70. The Bertz CT molecular complexity index is 299. The monoisotopic (exact) mass is 195 g/mol. The molecule has 0 fully saturated rings. The van der Waals surface area contributed by atoms with Gasteiger partial charge in [-0.1, -0.05) is 38.4 Å². The number of hydrogen-bond acceptors (Lipinski definition) is 1. The Kier molecular flexibility index (Phi) is 6.01. The van der Waals surface area contributed by atoms with E-state index in [-0.39, 0.29) is 0 Å². The maximum absolute atomic E-state index is 8.67. The maximum Gasteiger partial charge on any atom is 0.0995 e. The minimum absolute atomic E-state index is 0.624. The molecule has 1 aromatic carbocycles. The summed E-state index contributed by atoms with van der Waals surface area (Å²) < 4.78 is 0. The summed E-state index contributed by atoms with van der Waals surface area (Å²) in [5, 5.41) is 9.29. The molecule has 0 N–H and O–H groups in total. The smallest absolute Gasteiger partial charge is 0.0995 e. The van der Waals surface area contributed by atoms with Gasteiger partial charge in [-0.05, 0) is 24.1 Å². The fourth-order valence-electron chi connectivity index (χ4n) is 0.961. The van der Waals surface area contributed by atoms with E-state index in [0.717, 1.165) is 12.0 Å². The lowest BCUT2D eigenvalue weighted by molar-refractivity contribution is 1.13. The van der Waals surface area contributed by atoms with E-state index in [1.807, 2.05) is 26.8 Å². The summed E-state index contributed by atoms with van der Waals surface area (Å²) in [4.78, 5) is 0. The zero-order chi connectivity index (χ0) is 10.3. The molecule has 0 amide bonds. The molecule has 0 bridgehead atoms. The van der Waals surface area contributed by atoms with Crippen LogP contribution in [0, 0.1) is 11.3 Å². The number of benzene rings is 1. The zero-order valence-electron chi connectivity index (χ0n) is 8.26. The van der Waals surface area contributed by atoms with Crippen molar-refractivity contribution in [1.29, 1.82) is 5.26 Å². The van der Waals surface area contributed by atoms with Crippen molar-refractivity contribution in [2.24, 2.45) is 0 Å². The lowest BCUT2D eigenvalue weighted by Gasteiger charge is -1.98. The highest BCUT2D eigenvalue weighted by Crippen LogP contribution is 2.15. The van der Waals surface area contributed by atoms with Crippen molar-refractivity contribution in [2.45, 2.75) is 27.2 Å². The van der Waals surface area contributed by atoms with Crippen LogP contribution in [0.25, 0.3) is 0 Å². The molecule has 2 heteroatoms. The summed E-state index contributed by atoms with van der Waals surface area (Å²) in [7, 11) is 0. The fourth-order valence-corrected chi connectivity index (χ4v) is 1.13. The van der Waals surface area contributed by atoms with E-state index in [9.17, 15) is 0 Å². The van der Waals surface area contributed by atoms with Crippen LogP contribution in [-0.2, 0) is 6.42 Å². The predicted molar refractivity (Wildman–Crippen MR) is 56.9 cm³/mol. The largest absolute Gasteiger partial charge is 0.192 e. The fraction of sp³-hybridized carbons (Fsp3) is 0.364. The normalized spacial score (nSPS) is 8.23. The summed E-state index contributed by atoms with van der Waals surface area (Å²) in [6.45, 7) is 6.02. The maximum atomic E-state index is 8.67. The Morgan fingerprint density at radius 3 is 2.46 bits per heavy atom. The molecule has 70 valence electrons. The third-order valence-corrected chi connectivity index (χ3v) is 1.81. The van der Waals surface area contributed by atoms with Gasteiger partial charge in [0.05, 0.1) is 11.6 Å².